The molecule has 0 aliphatic rings. The maximum Gasteiger partial charge on any atom is 0.256 e. The van der Waals surface area contributed by atoms with Crippen LogP contribution in [-0.2, 0) is 6.61 Å². The Morgan fingerprint density at radius 2 is 1.85 bits per heavy atom. The Balaban J connectivity index is 2.10. The van der Waals surface area contributed by atoms with Gasteiger partial charge in [-0.05, 0) is 36.8 Å². The molecule has 2 rings (SSSR count). The highest BCUT2D eigenvalue weighted by Crippen LogP contribution is 2.25. The number of aliphatic hydroxyl groups is 1. The van der Waals surface area contributed by atoms with Gasteiger partial charge in [-0.25, -0.2) is 9.37 Å². The number of hydrogen-bond acceptors (Lipinski definition) is 4. The fourth-order valence-electron chi connectivity index (χ4n) is 1.59. The van der Waals surface area contributed by atoms with E-state index in [1.165, 1.54) is 12.3 Å². The average Bonchev–Trinajstić information content (AvgIpc) is 2.48. The molecular weight excluding hydrogens is 261 g/mol. The summed E-state index contributed by atoms with van der Waals surface area (Å²) in [7, 11) is 0. The maximum atomic E-state index is 13.8. The average molecular weight is 277 g/mol. The molecule has 0 atom stereocenters. The first-order chi connectivity index (χ1) is 9.74. The van der Waals surface area contributed by atoms with E-state index in [2.05, 4.69) is 4.98 Å². The predicted molar refractivity (Wildman–Crippen MR) is 72.4 cm³/mol. The molecule has 1 aromatic heterocycles. The van der Waals surface area contributed by atoms with Crippen molar-refractivity contribution in [2.75, 3.05) is 6.61 Å². The minimum atomic E-state index is -0.652. The normalized spacial score (nSPS) is 10.3. The maximum absolute atomic E-state index is 13.8. The van der Waals surface area contributed by atoms with Gasteiger partial charge in [-0.15, -0.1) is 0 Å². The Labute approximate surface area is 116 Å². The van der Waals surface area contributed by atoms with Crippen LogP contribution < -0.4 is 9.47 Å². The number of benzene rings is 1. The Morgan fingerprint density at radius 3 is 2.50 bits per heavy atom. The highest BCUT2D eigenvalue weighted by molar-refractivity contribution is 5.34. The molecule has 0 spiro atoms. The smallest absolute Gasteiger partial charge is 0.256 e. The topological polar surface area (TPSA) is 51.6 Å². The minimum absolute atomic E-state index is 0.151. The van der Waals surface area contributed by atoms with E-state index < -0.39 is 12.4 Å². The van der Waals surface area contributed by atoms with Crippen LogP contribution in [0.25, 0.3) is 0 Å². The van der Waals surface area contributed by atoms with Gasteiger partial charge in [0.25, 0.3) is 5.88 Å². The molecule has 2 aromatic rings. The number of aliphatic hydroxyl groups excluding tert-OH is 1. The van der Waals surface area contributed by atoms with Gasteiger partial charge >= 0.3 is 0 Å². The van der Waals surface area contributed by atoms with E-state index in [1.54, 1.807) is 24.3 Å². The summed E-state index contributed by atoms with van der Waals surface area (Å²) in [6.07, 6.45) is 2.32. The number of aromatic nitrogens is 1. The van der Waals surface area contributed by atoms with Crippen LogP contribution in [0.3, 0.4) is 0 Å². The van der Waals surface area contributed by atoms with Gasteiger partial charge in [0, 0.05) is 11.8 Å². The molecule has 0 aliphatic carbocycles. The van der Waals surface area contributed by atoms with Gasteiger partial charge < -0.3 is 14.6 Å². The summed E-state index contributed by atoms with van der Waals surface area (Å²) in [5.41, 5.74) is 0.151. The van der Waals surface area contributed by atoms with Crippen molar-refractivity contribution in [1.82, 2.24) is 4.98 Å². The zero-order valence-electron chi connectivity index (χ0n) is 11.2. The van der Waals surface area contributed by atoms with Crippen molar-refractivity contribution in [3.8, 4) is 17.4 Å². The predicted octanol–water partition coefficient (Wildman–Crippen LogP) is 3.29. The van der Waals surface area contributed by atoms with Gasteiger partial charge in [-0.3, -0.25) is 0 Å². The highest BCUT2D eigenvalue weighted by atomic mass is 19.1. The Bertz CT molecular complexity index is 558. The summed E-state index contributed by atoms with van der Waals surface area (Å²) in [4.78, 5) is 3.81. The van der Waals surface area contributed by atoms with Gasteiger partial charge in [-0.2, -0.15) is 0 Å². The van der Waals surface area contributed by atoms with E-state index in [-0.39, 0.29) is 11.4 Å². The molecule has 106 valence electrons. The Hall–Kier alpha value is -2.14. The third-order valence-electron chi connectivity index (χ3n) is 2.62. The molecule has 0 saturated heterocycles. The van der Waals surface area contributed by atoms with Gasteiger partial charge in [0.2, 0.25) is 0 Å². The molecular formula is C15H16FNO3. The lowest BCUT2D eigenvalue weighted by Crippen LogP contribution is -1.97. The van der Waals surface area contributed by atoms with Crippen LogP contribution in [0.2, 0.25) is 0 Å². The summed E-state index contributed by atoms with van der Waals surface area (Å²) >= 11 is 0. The molecule has 0 amide bonds. The lowest BCUT2D eigenvalue weighted by Gasteiger charge is -2.09. The molecule has 0 radical (unpaired) electrons. The van der Waals surface area contributed by atoms with E-state index in [4.69, 9.17) is 14.6 Å². The van der Waals surface area contributed by atoms with E-state index in [9.17, 15) is 4.39 Å². The van der Waals surface area contributed by atoms with Gasteiger partial charge in [-0.1, -0.05) is 6.92 Å². The second-order valence-electron chi connectivity index (χ2n) is 4.17. The van der Waals surface area contributed by atoms with Crippen molar-refractivity contribution in [1.29, 1.82) is 0 Å². The summed E-state index contributed by atoms with van der Waals surface area (Å²) in [6.45, 7) is 2.28. The first kappa shape index (κ1) is 14.3. The van der Waals surface area contributed by atoms with Crippen LogP contribution in [0.15, 0.2) is 36.5 Å². The summed E-state index contributed by atoms with van der Waals surface area (Å²) < 4.78 is 24.6. The molecule has 5 heteroatoms. The van der Waals surface area contributed by atoms with Crippen LogP contribution in [0.1, 0.15) is 18.9 Å². The molecule has 0 unspecified atom stereocenters. The Kier molecular flexibility index (Phi) is 4.90. The molecule has 0 fully saturated rings. The van der Waals surface area contributed by atoms with Crippen LogP contribution in [-0.4, -0.2) is 16.7 Å². The highest BCUT2D eigenvalue weighted by Gasteiger charge is 2.11. The van der Waals surface area contributed by atoms with Crippen molar-refractivity contribution < 1.29 is 19.0 Å². The largest absolute Gasteiger partial charge is 0.494 e. The molecule has 1 heterocycles. The van der Waals surface area contributed by atoms with Crippen molar-refractivity contribution in [2.24, 2.45) is 0 Å². The standard InChI is InChI=1S/C15H16FNO3/c1-2-9-19-12-3-5-13(6-4-12)20-15-14(16)11(10-18)7-8-17-15/h3-8,18H,2,9-10H2,1H3. The first-order valence-corrected chi connectivity index (χ1v) is 6.39. The number of ether oxygens (including phenoxy) is 2. The van der Waals surface area contributed by atoms with Crippen LogP contribution in [0, 0.1) is 5.82 Å². The van der Waals surface area contributed by atoms with Crippen molar-refractivity contribution in [3.05, 3.63) is 47.9 Å². The lowest BCUT2D eigenvalue weighted by atomic mass is 10.2. The number of hydrogen-bond donors (Lipinski definition) is 1. The zero-order valence-corrected chi connectivity index (χ0v) is 11.2. The summed E-state index contributed by atoms with van der Waals surface area (Å²) in [5.74, 6) is 0.382. The second kappa shape index (κ2) is 6.86. The van der Waals surface area contributed by atoms with Crippen LogP contribution >= 0.6 is 0 Å². The zero-order chi connectivity index (χ0) is 14.4. The van der Waals surface area contributed by atoms with Crippen molar-refractivity contribution in [3.63, 3.8) is 0 Å². The van der Waals surface area contributed by atoms with E-state index in [1.807, 2.05) is 6.92 Å². The third kappa shape index (κ3) is 3.45. The number of pyridine rings is 1. The first-order valence-electron chi connectivity index (χ1n) is 6.39. The molecule has 1 aromatic carbocycles. The quantitative estimate of drug-likeness (QED) is 0.880. The van der Waals surface area contributed by atoms with Gasteiger partial charge in [0.15, 0.2) is 5.82 Å². The number of nitrogens with zero attached hydrogens (tertiary/aromatic N) is 1. The number of rotatable bonds is 6. The molecule has 1 N–H and O–H groups in total. The van der Waals surface area contributed by atoms with Crippen molar-refractivity contribution >= 4 is 0 Å². The summed E-state index contributed by atoms with van der Waals surface area (Å²) in [5, 5.41) is 8.99. The van der Waals surface area contributed by atoms with Crippen LogP contribution in [0.4, 0.5) is 4.39 Å². The monoisotopic (exact) mass is 277 g/mol. The van der Waals surface area contributed by atoms with Crippen molar-refractivity contribution in [2.45, 2.75) is 20.0 Å². The van der Waals surface area contributed by atoms with Gasteiger partial charge in [0.1, 0.15) is 11.5 Å². The Morgan fingerprint density at radius 1 is 1.15 bits per heavy atom. The molecule has 0 saturated carbocycles. The SMILES string of the molecule is CCCOc1ccc(Oc2nccc(CO)c2F)cc1. The minimum Gasteiger partial charge on any atom is -0.494 e. The van der Waals surface area contributed by atoms with Gasteiger partial charge in [0.05, 0.1) is 13.2 Å². The lowest BCUT2D eigenvalue weighted by molar-refractivity contribution is 0.273. The van der Waals surface area contributed by atoms with E-state index >= 15 is 0 Å². The molecule has 20 heavy (non-hydrogen) atoms. The molecule has 4 nitrogen and oxygen atoms in total. The summed E-state index contributed by atoms with van der Waals surface area (Å²) in [6, 6.07) is 8.26. The fraction of sp³-hybridized carbons (Fsp3) is 0.267. The third-order valence-corrected chi connectivity index (χ3v) is 2.62. The molecule has 0 bridgehead atoms. The van der Waals surface area contributed by atoms with E-state index in [0.29, 0.717) is 12.4 Å². The second-order valence-corrected chi connectivity index (χ2v) is 4.17. The van der Waals surface area contributed by atoms with E-state index in [0.717, 1.165) is 12.2 Å². The molecule has 0 aliphatic heterocycles. The fourth-order valence-corrected chi connectivity index (χ4v) is 1.59. The van der Waals surface area contributed by atoms with Crippen LogP contribution in [0.5, 0.6) is 17.4 Å². The number of halogens is 1.